The van der Waals surface area contributed by atoms with Gasteiger partial charge in [0.05, 0.1) is 5.56 Å². The van der Waals surface area contributed by atoms with Crippen molar-refractivity contribution in [1.82, 2.24) is 0 Å². The summed E-state index contributed by atoms with van der Waals surface area (Å²) >= 11 is 0. The van der Waals surface area contributed by atoms with E-state index in [-0.39, 0.29) is 24.4 Å². The lowest BCUT2D eigenvalue weighted by molar-refractivity contribution is 0.0131. The lowest BCUT2D eigenvalue weighted by atomic mass is 9.84. The summed E-state index contributed by atoms with van der Waals surface area (Å²) in [4.78, 5) is 24.9. The lowest BCUT2D eigenvalue weighted by Gasteiger charge is -2.19. The maximum Gasteiger partial charge on any atom is 0.340 e. The monoisotopic (exact) mass is 384 g/mol. The SMILES string of the molecule is CC(C(=O)c1ccc(C(=O)OCO[Si](C)(C)C)cc1)C(C)c1ccccc1. The van der Waals surface area contributed by atoms with Gasteiger partial charge < -0.3 is 9.16 Å². The van der Waals surface area contributed by atoms with Crippen LogP contribution in [0.15, 0.2) is 54.6 Å². The van der Waals surface area contributed by atoms with Crippen molar-refractivity contribution in [3.05, 3.63) is 71.3 Å². The number of esters is 1. The number of ketones is 1. The Labute approximate surface area is 162 Å². The fourth-order valence-electron chi connectivity index (χ4n) is 2.65. The van der Waals surface area contributed by atoms with Gasteiger partial charge in [-0.2, -0.15) is 0 Å². The van der Waals surface area contributed by atoms with Crippen molar-refractivity contribution >= 4 is 20.1 Å². The van der Waals surface area contributed by atoms with Crippen LogP contribution in [0.1, 0.15) is 46.0 Å². The van der Waals surface area contributed by atoms with Crippen LogP contribution in [-0.4, -0.2) is 26.9 Å². The zero-order chi connectivity index (χ0) is 20.0. The van der Waals surface area contributed by atoms with Crippen LogP contribution in [0.25, 0.3) is 0 Å². The number of ether oxygens (including phenoxy) is 1. The van der Waals surface area contributed by atoms with Crippen molar-refractivity contribution in [2.75, 3.05) is 6.79 Å². The predicted molar refractivity (Wildman–Crippen MR) is 110 cm³/mol. The second-order valence-electron chi connectivity index (χ2n) is 7.74. The van der Waals surface area contributed by atoms with E-state index in [2.05, 4.69) is 6.92 Å². The molecule has 0 fully saturated rings. The fraction of sp³-hybridized carbons (Fsp3) is 0.364. The highest BCUT2D eigenvalue weighted by Gasteiger charge is 2.23. The molecule has 2 atom stereocenters. The van der Waals surface area contributed by atoms with E-state index in [4.69, 9.17) is 9.16 Å². The molecule has 0 aromatic heterocycles. The van der Waals surface area contributed by atoms with Crippen molar-refractivity contribution < 1.29 is 18.8 Å². The van der Waals surface area contributed by atoms with Gasteiger partial charge in [-0.25, -0.2) is 4.79 Å². The van der Waals surface area contributed by atoms with Crippen molar-refractivity contribution in [3.63, 3.8) is 0 Å². The highest BCUT2D eigenvalue weighted by atomic mass is 28.4. The van der Waals surface area contributed by atoms with Crippen LogP contribution >= 0.6 is 0 Å². The Morgan fingerprint density at radius 1 is 0.889 bits per heavy atom. The van der Waals surface area contributed by atoms with Crippen molar-refractivity contribution in [3.8, 4) is 0 Å². The van der Waals surface area contributed by atoms with Crippen LogP contribution in [0.4, 0.5) is 0 Å². The van der Waals surface area contributed by atoms with Gasteiger partial charge in [0.25, 0.3) is 0 Å². The maximum absolute atomic E-state index is 12.8. The van der Waals surface area contributed by atoms with E-state index in [1.54, 1.807) is 24.3 Å². The van der Waals surface area contributed by atoms with Crippen LogP contribution < -0.4 is 0 Å². The molecule has 0 heterocycles. The molecule has 0 aliphatic carbocycles. The third-order valence-electron chi connectivity index (χ3n) is 4.58. The van der Waals surface area contributed by atoms with Crippen molar-refractivity contribution in [2.24, 2.45) is 5.92 Å². The topological polar surface area (TPSA) is 52.6 Å². The molecule has 2 aromatic rings. The zero-order valence-corrected chi connectivity index (χ0v) is 17.7. The van der Waals surface area contributed by atoms with Gasteiger partial charge in [0, 0.05) is 11.5 Å². The molecule has 0 aliphatic rings. The molecule has 0 saturated carbocycles. The number of benzene rings is 2. The molecule has 0 N–H and O–H groups in total. The number of Topliss-reactive ketones (excluding diaryl/α,β-unsaturated/α-hetero) is 1. The summed E-state index contributed by atoms with van der Waals surface area (Å²) in [6.45, 7) is 10.0. The fourth-order valence-corrected chi connectivity index (χ4v) is 3.06. The normalized spacial score (nSPS) is 13.7. The van der Waals surface area contributed by atoms with E-state index in [0.717, 1.165) is 5.56 Å². The van der Waals surface area contributed by atoms with Gasteiger partial charge in [-0.3, -0.25) is 4.79 Å². The molecule has 0 radical (unpaired) electrons. The maximum atomic E-state index is 12.8. The van der Waals surface area contributed by atoms with Gasteiger partial charge in [0.2, 0.25) is 0 Å². The minimum atomic E-state index is -1.72. The predicted octanol–water partition coefficient (Wildman–Crippen LogP) is 5.27. The molecule has 4 nitrogen and oxygen atoms in total. The summed E-state index contributed by atoms with van der Waals surface area (Å²) in [6.07, 6.45) is 0. The highest BCUT2D eigenvalue weighted by Crippen LogP contribution is 2.27. The Hall–Kier alpha value is -2.24. The highest BCUT2D eigenvalue weighted by molar-refractivity contribution is 6.69. The molecule has 0 amide bonds. The second-order valence-corrected chi connectivity index (χ2v) is 12.2. The van der Waals surface area contributed by atoms with Gasteiger partial charge in [0.1, 0.15) is 0 Å². The Bertz CT molecular complexity index is 763. The van der Waals surface area contributed by atoms with Crippen LogP contribution in [0.5, 0.6) is 0 Å². The number of hydrogen-bond acceptors (Lipinski definition) is 4. The van der Waals surface area contributed by atoms with Crippen LogP contribution in [0.2, 0.25) is 19.6 Å². The average molecular weight is 385 g/mol. The molecule has 0 bridgehead atoms. The largest absolute Gasteiger partial charge is 0.436 e. The smallest absolute Gasteiger partial charge is 0.340 e. The number of carbonyl (C=O) groups is 2. The van der Waals surface area contributed by atoms with E-state index in [9.17, 15) is 9.59 Å². The van der Waals surface area contributed by atoms with Gasteiger partial charge in [0.15, 0.2) is 20.9 Å². The van der Waals surface area contributed by atoms with E-state index in [1.807, 2.05) is 56.9 Å². The van der Waals surface area contributed by atoms with E-state index >= 15 is 0 Å². The van der Waals surface area contributed by atoms with Crippen LogP contribution in [-0.2, 0) is 9.16 Å². The molecule has 2 rings (SSSR count). The molecule has 0 aliphatic heterocycles. The Kier molecular flexibility index (Phi) is 7.10. The molecule has 2 aromatic carbocycles. The average Bonchev–Trinajstić information content (AvgIpc) is 2.66. The first kappa shape index (κ1) is 21.1. The van der Waals surface area contributed by atoms with Crippen molar-refractivity contribution in [2.45, 2.75) is 39.4 Å². The van der Waals surface area contributed by atoms with E-state index in [0.29, 0.717) is 11.1 Å². The van der Waals surface area contributed by atoms with Crippen LogP contribution in [0.3, 0.4) is 0 Å². The summed E-state index contributed by atoms with van der Waals surface area (Å²) in [6, 6.07) is 16.6. The van der Waals surface area contributed by atoms with Gasteiger partial charge in [-0.05, 0) is 43.3 Å². The summed E-state index contributed by atoms with van der Waals surface area (Å²) < 4.78 is 10.7. The minimum absolute atomic E-state index is 0.0408. The molecule has 5 heteroatoms. The lowest BCUT2D eigenvalue weighted by Crippen LogP contribution is -2.27. The summed E-state index contributed by atoms with van der Waals surface area (Å²) in [5.41, 5.74) is 2.15. The Morgan fingerprint density at radius 2 is 1.44 bits per heavy atom. The van der Waals surface area contributed by atoms with Crippen molar-refractivity contribution in [1.29, 1.82) is 0 Å². The second kappa shape index (κ2) is 9.11. The first-order valence-electron chi connectivity index (χ1n) is 9.19. The molecule has 0 spiro atoms. The summed E-state index contributed by atoms with van der Waals surface area (Å²) in [5, 5.41) is 0. The van der Waals surface area contributed by atoms with Gasteiger partial charge >= 0.3 is 5.97 Å². The molecular formula is C22H28O4Si. The number of rotatable bonds is 8. The third kappa shape index (κ3) is 6.15. The van der Waals surface area contributed by atoms with Crippen LogP contribution in [0, 0.1) is 5.92 Å². The molecule has 27 heavy (non-hydrogen) atoms. The molecule has 2 unspecified atom stereocenters. The Morgan fingerprint density at radius 3 is 2.00 bits per heavy atom. The third-order valence-corrected chi connectivity index (χ3v) is 5.56. The summed E-state index contributed by atoms with van der Waals surface area (Å²) in [5.74, 6) is -0.427. The minimum Gasteiger partial charge on any atom is -0.436 e. The molecular weight excluding hydrogens is 356 g/mol. The van der Waals surface area contributed by atoms with E-state index < -0.39 is 14.3 Å². The molecule has 0 saturated heterocycles. The number of hydrogen-bond donors (Lipinski definition) is 0. The first-order valence-corrected chi connectivity index (χ1v) is 12.6. The quantitative estimate of drug-likeness (QED) is 0.269. The van der Waals surface area contributed by atoms with Gasteiger partial charge in [-0.15, -0.1) is 0 Å². The standard InChI is InChI=1S/C22H28O4Si/c1-16(18-9-7-6-8-10-18)17(2)21(23)19-11-13-20(14-12-19)22(24)25-15-26-27(3,4)5/h6-14,16-17H,15H2,1-5H3. The summed E-state index contributed by atoms with van der Waals surface area (Å²) in [7, 11) is -1.72. The first-order chi connectivity index (χ1) is 12.7. The zero-order valence-electron chi connectivity index (χ0n) is 16.7. The number of carbonyl (C=O) groups excluding carboxylic acids is 2. The van der Waals surface area contributed by atoms with Gasteiger partial charge in [-0.1, -0.05) is 56.3 Å². The Balaban J connectivity index is 1.99. The molecule has 144 valence electrons. The van der Waals surface area contributed by atoms with E-state index in [1.165, 1.54) is 0 Å².